The molecule has 3 rings (SSSR count). The Bertz CT molecular complexity index is 1260. The zero-order chi connectivity index (χ0) is 25.0. The Morgan fingerprint density at radius 1 is 1.18 bits per heavy atom. The van der Waals surface area contributed by atoms with Gasteiger partial charge >= 0.3 is 12.3 Å². The highest BCUT2D eigenvalue weighted by molar-refractivity contribution is 7.80. The molecule has 3 aromatic rings. The maximum Gasteiger partial charge on any atom is 0.573 e. The van der Waals surface area contributed by atoms with Crippen LogP contribution < -0.4 is 15.5 Å². The third-order valence-electron chi connectivity index (χ3n) is 4.29. The largest absolute Gasteiger partial charge is 0.573 e. The highest BCUT2D eigenvalue weighted by Gasteiger charge is 2.31. The Balaban J connectivity index is 1.68. The van der Waals surface area contributed by atoms with Crippen LogP contribution in [-0.2, 0) is 0 Å². The Kier molecular flexibility index (Phi) is 7.64. The first-order valence-electron chi connectivity index (χ1n) is 9.25. The molecule has 0 saturated carbocycles. The Hall–Kier alpha value is -3.35. The van der Waals surface area contributed by atoms with E-state index in [-0.39, 0.29) is 27.2 Å². The summed E-state index contributed by atoms with van der Waals surface area (Å²) in [7, 11) is 0. The number of aromatic hydroxyl groups is 1. The molecule has 178 valence electrons. The van der Waals surface area contributed by atoms with Crippen molar-refractivity contribution in [2.45, 2.75) is 13.3 Å². The van der Waals surface area contributed by atoms with Gasteiger partial charge in [0, 0.05) is 11.1 Å². The number of nitrogens with one attached hydrogen (secondary N) is 2. The number of thiocarbonyl (C=S) groups is 1. The molecule has 0 spiro atoms. The zero-order valence-corrected chi connectivity index (χ0v) is 19.5. The van der Waals surface area contributed by atoms with E-state index in [2.05, 4.69) is 20.6 Å². The minimum Gasteiger partial charge on any atom is -0.506 e. The summed E-state index contributed by atoms with van der Waals surface area (Å²) in [6, 6.07) is 9.34. The number of carbonyl (C=O) groups is 1. The second-order valence-corrected chi connectivity index (χ2v) is 8.36. The molecule has 0 amide bonds. The first kappa shape index (κ1) is 25.3. The summed E-state index contributed by atoms with van der Waals surface area (Å²) in [5, 5.41) is 28.3. The number of aromatic carboxylic acids is 1. The van der Waals surface area contributed by atoms with Crippen LogP contribution in [0, 0.1) is 0 Å². The molecule has 0 unspecified atom stereocenters. The van der Waals surface area contributed by atoms with Crippen molar-refractivity contribution in [3.63, 3.8) is 0 Å². The number of hydrazone groups is 1. The normalized spacial score (nSPS) is 11.7. The quantitative estimate of drug-likeness (QED) is 0.174. The molecule has 1 aromatic heterocycles. The SMILES string of the molecule is C/C(=N\NC(=S)Nc1ccc(C(=O)O)c(Cl)c1)c1csc(-c2ccc(OC(F)(F)F)cc2)c1O. The number of hydrogen-bond acceptors (Lipinski definition) is 6. The maximum absolute atomic E-state index is 12.3. The van der Waals surface area contributed by atoms with Gasteiger partial charge in [-0.2, -0.15) is 5.10 Å². The standard InChI is InChI=1S/C21H15ClF3N3O4S2/c1-10(27-28-20(33)26-12-4-7-14(19(30)31)16(22)8-12)15-9-34-18(17(15)29)11-2-5-13(6-3-11)32-21(23,24)25/h2-9,29H,1H3,(H,30,31)(H2,26,28,33)/b27-10+. The molecule has 0 aliphatic rings. The molecular formula is C21H15ClF3N3O4S2. The molecule has 0 bridgehead atoms. The molecule has 2 aromatic carbocycles. The number of carboxylic acids is 1. The van der Waals surface area contributed by atoms with Crippen molar-refractivity contribution in [3.05, 3.63) is 64.0 Å². The van der Waals surface area contributed by atoms with Crippen LogP contribution >= 0.6 is 35.2 Å². The summed E-state index contributed by atoms with van der Waals surface area (Å²) in [6.45, 7) is 1.62. The van der Waals surface area contributed by atoms with E-state index in [9.17, 15) is 23.1 Å². The van der Waals surface area contributed by atoms with Crippen molar-refractivity contribution < 1.29 is 32.9 Å². The van der Waals surface area contributed by atoms with E-state index in [1.54, 1.807) is 12.3 Å². The molecule has 4 N–H and O–H groups in total. The third-order valence-corrected chi connectivity index (χ3v) is 5.81. The van der Waals surface area contributed by atoms with Gasteiger partial charge in [-0.3, -0.25) is 5.43 Å². The summed E-state index contributed by atoms with van der Waals surface area (Å²) in [4.78, 5) is 11.5. The molecule has 7 nitrogen and oxygen atoms in total. The number of anilines is 1. The summed E-state index contributed by atoms with van der Waals surface area (Å²) in [5.41, 5.74) is 4.30. The highest BCUT2D eigenvalue weighted by atomic mass is 35.5. The minimum atomic E-state index is -4.79. The van der Waals surface area contributed by atoms with E-state index in [0.717, 1.165) is 12.1 Å². The van der Waals surface area contributed by atoms with Gasteiger partial charge in [-0.1, -0.05) is 11.6 Å². The van der Waals surface area contributed by atoms with E-state index in [1.807, 2.05) is 0 Å². The summed E-state index contributed by atoms with van der Waals surface area (Å²) in [5.74, 6) is -1.61. The van der Waals surface area contributed by atoms with E-state index in [1.165, 1.54) is 41.7 Å². The highest BCUT2D eigenvalue weighted by Crippen LogP contribution is 2.39. The number of ether oxygens (including phenoxy) is 1. The van der Waals surface area contributed by atoms with Gasteiger partial charge in [0.05, 0.1) is 26.7 Å². The molecule has 0 atom stereocenters. The van der Waals surface area contributed by atoms with Gasteiger partial charge in [0.25, 0.3) is 0 Å². The number of carboxylic acid groups (broad SMARTS) is 1. The lowest BCUT2D eigenvalue weighted by Crippen LogP contribution is -2.25. The molecule has 13 heteroatoms. The number of halogens is 4. The number of nitrogens with zero attached hydrogens (tertiary/aromatic N) is 1. The van der Waals surface area contributed by atoms with Crippen molar-refractivity contribution in [2.24, 2.45) is 5.10 Å². The van der Waals surface area contributed by atoms with Gasteiger partial charge in [-0.15, -0.1) is 24.5 Å². The molecule has 0 radical (unpaired) electrons. The Morgan fingerprint density at radius 2 is 1.85 bits per heavy atom. The average molecular weight is 530 g/mol. The first-order chi connectivity index (χ1) is 15.9. The number of rotatable bonds is 6. The van der Waals surface area contributed by atoms with Gasteiger partial charge in [-0.25, -0.2) is 4.79 Å². The molecule has 34 heavy (non-hydrogen) atoms. The lowest BCUT2D eigenvalue weighted by molar-refractivity contribution is -0.274. The van der Waals surface area contributed by atoms with E-state index in [0.29, 0.717) is 27.4 Å². The van der Waals surface area contributed by atoms with Crippen molar-refractivity contribution in [2.75, 3.05) is 5.32 Å². The van der Waals surface area contributed by atoms with Gasteiger partial charge in [0.15, 0.2) is 5.11 Å². The number of alkyl halides is 3. The van der Waals surface area contributed by atoms with Crippen LogP contribution in [0.1, 0.15) is 22.8 Å². The fourth-order valence-corrected chi connectivity index (χ4v) is 4.18. The summed E-state index contributed by atoms with van der Waals surface area (Å²) in [6.07, 6.45) is -4.79. The topological polar surface area (TPSA) is 103 Å². The van der Waals surface area contributed by atoms with Gasteiger partial charge in [0.1, 0.15) is 11.5 Å². The van der Waals surface area contributed by atoms with Crippen molar-refractivity contribution in [1.29, 1.82) is 0 Å². The molecular weight excluding hydrogens is 515 g/mol. The summed E-state index contributed by atoms with van der Waals surface area (Å²) < 4.78 is 40.8. The van der Waals surface area contributed by atoms with E-state index in [4.69, 9.17) is 28.9 Å². The minimum absolute atomic E-state index is 0.0358. The van der Waals surface area contributed by atoms with Crippen LogP contribution in [0.25, 0.3) is 10.4 Å². The number of thiophene rings is 1. The molecule has 0 aliphatic carbocycles. The summed E-state index contributed by atoms with van der Waals surface area (Å²) >= 11 is 12.3. The number of benzene rings is 2. The predicted molar refractivity (Wildman–Crippen MR) is 128 cm³/mol. The van der Waals surface area contributed by atoms with E-state index >= 15 is 0 Å². The van der Waals surface area contributed by atoms with Crippen LogP contribution in [0.2, 0.25) is 5.02 Å². The van der Waals surface area contributed by atoms with Crippen molar-refractivity contribution >= 4 is 57.6 Å². The van der Waals surface area contributed by atoms with Crippen molar-refractivity contribution in [1.82, 2.24) is 5.43 Å². The smallest absolute Gasteiger partial charge is 0.506 e. The third kappa shape index (κ3) is 6.37. The lowest BCUT2D eigenvalue weighted by Gasteiger charge is -2.09. The van der Waals surface area contributed by atoms with Gasteiger partial charge < -0.3 is 20.3 Å². The monoisotopic (exact) mass is 529 g/mol. The molecule has 0 fully saturated rings. The van der Waals surface area contributed by atoms with Crippen LogP contribution in [0.15, 0.2) is 52.9 Å². The predicted octanol–water partition coefficient (Wildman–Crippen LogP) is 6.08. The van der Waals surface area contributed by atoms with Crippen LogP contribution in [-0.4, -0.2) is 33.4 Å². The first-order valence-corrected chi connectivity index (χ1v) is 10.9. The lowest BCUT2D eigenvalue weighted by atomic mass is 10.1. The van der Waals surface area contributed by atoms with Crippen molar-refractivity contribution in [3.8, 4) is 21.9 Å². The average Bonchev–Trinajstić information content (AvgIpc) is 3.12. The fourth-order valence-electron chi connectivity index (χ4n) is 2.74. The molecule has 0 aliphatic heterocycles. The maximum atomic E-state index is 12.3. The van der Waals surface area contributed by atoms with Gasteiger partial charge in [-0.05, 0) is 67.2 Å². The second kappa shape index (κ2) is 10.3. The Labute approximate surface area is 205 Å². The number of hydrogen-bond donors (Lipinski definition) is 4. The second-order valence-electron chi connectivity index (χ2n) is 6.66. The van der Waals surface area contributed by atoms with Crippen LogP contribution in [0.5, 0.6) is 11.5 Å². The van der Waals surface area contributed by atoms with Crippen LogP contribution in [0.3, 0.4) is 0 Å². The van der Waals surface area contributed by atoms with Crippen LogP contribution in [0.4, 0.5) is 18.9 Å². The molecule has 1 heterocycles. The molecule has 0 saturated heterocycles. The zero-order valence-electron chi connectivity index (χ0n) is 17.1. The Morgan fingerprint density at radius 3 is 2.44 bits per heavy atom. The van der Waals surface area contributed by atoms with E-state index < -0.39 is 12.3 Å². The fraction of sp³-hybridized carbons (Fsp3) is 0.0952. The van der Waals surface area contributed by atoms with Gasteiger partial charge in [0.2, 0.25) is 0 Å².